The predicted octanol–water partition coefficient (Wildman–Crippen LogP) is 29.3. The summed E-state index contributed by atoms with van der Waals surface area (Å²) in [5.74, 6) is 3.82. The molecule has 0 bridgehead atoms. The third-order valence-corrected chi connectivity index (χ3v) is 35.3. The van der Waals surface area contributed by atoms with Crippen LogP contribution in [0.5, 0.6) is 0 Å². The molecule has 0 spiro atoms. The van der Waals surface area contributed by atoms with Crippen LogP contribution in [-0.2, 0) is 10.8 Å². The minimum Gasteiger partial charge on any atom is -0.208 e. The Morgan fingerprint density at radius 1 is 0.159 bits per heavy atom. The minimum atomic E-state index is -1.97. The summed E-state index contributed by atoms with van der Waals surface area (Å²) in [4.78, 5) is 31.0. The summed E-state index contributed by atoms with van der Waals surface area (Å²) in [5.41, 5.74) is 40.6. The Labute approximate surface area is 774 Å². The Kier molecular flexibility index (Phi) is 19.8. The van der Waals surface area contributed by atoms with Crippen LogP contribution in [0.2, 0.25) is 26.2 Å². The lowest BCUT2D eigenvalue weighted by Crippen LogP contribution is -2.50. The van der Waals surface area contributed by atoms with Crippen LogP contribution in [-0.4, -0.2) is 46.1 Å². The fourth-order valence-corrected chi connectivity index (χ4v) is 28.8. The molecule has 0 unspecified atom stereocenters. The first-order chi connectivity index (χ1) is 64.4. The summed E-state index contributed by atoms with van der Waals surface area (Å²) in [6.45, 7) is 19.5. The van der Waals surface area contributed by atoms with Gasteiger partial charge in [0.2, 0.25) is 0 Å². The lowest BCUT2D eigenvalue weighted by Gasteiger charge is -2.25. The van der Waals surface area contributed by atoms with E-state index in [4.69, 9.17) is 29.9 Å². The van der Waals surface area contributed by atoms with Gasteiger partial charge in [0.25, 0.3) is 0 Å². The van der Waals surface area contributed by atoms with Crippen molar-refractivity contribution in [3.05, 3.63) is 447 Å². The zero-order valence-electron chi connectivity index (χ0n) is 75.1. The van der Waals surface area contributed by atoms with E-state index in [1.165, 1.54) is 132 Å². The lowest BCUT2D eigenvalue weighted by molar-refractivity contribution is 0.662. The minimum absolute atomic E-state index is 0.140. The highest BCUT2D eigenvalue weighted by Crippen LogP contribution is 2.55. The smallest absolute Gasteiger partial charge is 0.164 e. The monoisotopic (exact) mass is 1720 g/mol. The number of benzene rings is 18. The summed E-state index contributed by atoms with van der Waals surface area (Å²) in [7, 11) is -3.93. The molecular weight excluding hydrogens is 1630 g/mol. The lowest BCUT2D eigenvalue weighted by atomic mass is 9.78. The third-order valence-electron chi connectivity index (χ3n) is 28.1. The van der Waals surface area contributed by atoms with E-state index >= 15 is 0 Å². The molecule has 2 aliphatic carbocycles. The first kappa shape index (κ1) is 80.9. The standard InChI is InChI=1S/C63H47N3.C61H47N3Si2/c1-62(2)55-33-13-11-27-51(55)53-31-17-29-49(57(53)62)44-25-15-23-42(35-44)46-37-47(39-48(38-46)61-65-59(40-19-7-5-8-20-40)64-60(66-61)41-21-9-6-10-22-41)43-24-16-26-45(36-43)50-30-18-32-54-52-28-12-14-34-56(52)63(3,4)58(50)54;1-65(2)55-33-13-11-27-51(55)53-31-17-29-49(57(53)65)44-25-15-23-42(35-44)46-37-47(39-48(38-46)61-63-59(40-19-7-5-8-20-40)62-60(64-61)41-21-9-6-10-22-41)43-24-16-26-45(36-43)50-30-18-32-54-52-28-12-14-34-56(52)66(3,4)58(50)54/h2*5-39H,1-4H3. The van der Waals surface area contributed by atoms with E-state index in [0.29, 0.717) is 34.9 Å². The summed E-state index contributed by atoms with van der Waals surface area (Å²) < 4.78 is 0. The van der Waals surface area contributed by atoms with Gasteiger partial charge in [-0.3, -0.25) is 0 Å². The van der Waals surface area contributed by atoms with Gasteiger partial charge < -0.3 is 0 Å². The van der Waals surface area contributed by atoms with Crippen molar-refractivity contribution in [1.29, 1.82) is 0 Å². The highest BCUT2D eigenvalue weighted by atomic mass is 28.3. The van der Waals surface area contributed by atoms with Crippen LogP contribution in [0.15, 0.2) is 425 Å². The van der Waals surface area contributed by atoms with Crippen molar-refractivity contribution in [2.24, 2.45) is 0 Å². The summed E-state index contributed by atoms with van der Waals surface area (Å²) in [5, 5.41) is 6.06. The van der Waals surface area contributed by atoms with Crippen molar-refractivity contribution < 1.29 is 0 Å². The van der Waals surface area contributed by atoms with Gasteiger partial charge in [-0.15, -0.1) is 0 Å². The SMILES string of the molecule is CC1(C)c2ccccc2-c2cccc(-c3cccc(-c4cc(-c5cccc(-c6cccc7c6C(C)(C)c6ccccc6-7)c5)cc(-c5nc(-c6ccccc6)nc(-c6ccccc6)n5)c4)c3)c21.C[Si]1(C)c2ccccc2-c2cccc(-c3cccc(-c4cc(-c5cccc(-c6cccc7c6[Si](C)(C)c6ccccc6-7)c5)cc(-c5nc(-c6ccccc6)nc(-c6ccccc6)n5)c4)c3)c21. The largest absolute Gasteiger partial charge is 0.208 e. The van der Waals surface area contributed by atoms with Crippen LogP contribution in [0, 0.1) is 0 Å². The topological polar surface area (TPSA) is 77.3 Å². The fraction of sp³-hybridized carbons (Fsp3) is 0.0806. The van der Waals surface area contributed by atoms with Crippen LogP contribution >= 0.6 is 0 Å². The molecule has 2 aromatic heterocycles. The van der Waals surface area contributed by atoms with Gasteiger partial charge in [0.05, 0.1) is 0 Å². The van der Waals surface area contributed by atoms with E-state index in [0.717, 1.165) is 77.9 Å². The number of hydrogen-bond donors (Lipinski definition) is 0. The van der Waals surface area contributed by atoms with E-state index in [1.807, 2.05) is 72.8 Å². The maximum atomic E-state index is 5.24. The van der Waals surface area contributed by atoms with Gasteiger partial charge in [0, 0.05) is 44.2 Å². The van der Waals surface area contributed by atoms with Gasteiger partial charge in [-0.05, 0) is 237 Å². The van der Waals surface area contributed by atoms with Crippen LogP contribution in [0.4, 0.5) is 0 Å². The molecule has 20 aromatic rings. The molecular formula is C124H94N6Si2. The Morgan fingerprint density at radius 2 is 0.364 bits per heavy atom. The third kappa shape index (κ3) is 14.0. The van der Waals surface area contributed by atoms with Crippen LogP contribution in [0.1, 0.15) is 49.9 Å². The van der Waals surface area contributed by atoms with Gasteiger partial charge in [-0.2, -0.15) is 0 Å². The molecule has 628 valence electrons. The Hall–Kier alpha value is -15.6. The quantitative estimate of drug-likeness (QED) is 0.101. The van der Waals surface area contributed by atoms with E-state index < -0.39 is 16.1 Å². The van der Waals surface area contributed by atoms with Gasteiger partial charge in [0.15, 0.2) is 34.9 Å². The number of fused-ring (bicyclic) bond motifs is 12. The van der Waals surface area contributed by atoms with Gasteiger partial charge in [-0.25, -0.2) is 29.9 Å². The fourth-order valence-electron chi connectivity index (χ4n) is 21.9. The molecule has 4 aliphatic rings. The zero-order chi connectivity index (χ0) is 89.1. The molecule has 4 heterocycles. The molecule has 24 rings (SSSR count). The molecule has 8 heteroatoms. The number of hydrogen-bond acceptors (Lipinski definition) is 6. The zero-order valence-corrected chi connectivity index (χ0v) is 77.1. The first-order valence-electron chi connectivity index (χ1n) is 45.9. The molecule has 18 aromatic carbocycles. The second kappa shape index (κ2) is 32.3. The van der Waals surface area contributed by atoms with Crippen LogP contribution in [0.25, 0.3) is 202 Å². The van der Waals surface area contributed by atoms with E-state index in [1.54, 1.807) is 0 Å². The number of nitrogens with zero attached hydrogens (tertiary/aromatic N) is 6. The van der Waals surface area contributed by atoms with Crippen molar-refractivity contribution in [3.63, 3.8) is 0 Å². The molecule has 0 radical (unpaired) electrons. The second-order valence-corrected chi connectivity index (χ2v) is 46.2. The highest BCUT2D eigenvalue weighted by Gasteiger charge is 2.43. The van der Waals surface area contributed by atoms with Crippen molar-refractivity contribution in [3.8, 4) is 202 Å². The van der Waals surface area contributed by atoms with Crippen molar-refractivity contribution in [2.75, 3.05) is 0 Å². The molecule has 132 heavy (non-hydrogen) atoms. The Morgan fingerprint density at radius 3 is 0.682 bits per heavy atom. The average Bonchev–Trinajstić information content (AvgIpc) is 1.59. The molecule has 0 atom stereocenters. The molecule has 0 saturated heterocycles. The molecule has 0 saturated carbocycles. The number of aromatic nitrogens is 6. The predicted molar refractivity (Wildman–Crippen MR) is 555 cm³/mol. The normalized spacial score (nSPS) is 13.7. The Bertz CT molecular complexity index is 7090. The van der Waals surface area contributed by atoms with E-state index in [-0.39, 0.29) is 10.8 Å². The summed E-state index contributed by atoms with van der Waals surface area (Å²) in [6.07, 6.45) is 0. The van der Waals surface area contributed by atoms with Gasteiger partial charge in [0.1, 0.15) is 16.1 Å². The molecule has 2 aliphatic heterocycles. The molecule has 0 fully saturated rings. The maximum Gasteiger partial charge on any atom is 0.164 e. The maximum absolute atomic E-state index is 5.24. The average molecular weight is 1720 g/mol. The van der Waals surface area contributed by atoms with E-state index in [2.05, 4.69) is 406 Å². The summed E-state index contributed by atoms with van der Waals surface area (Å²) in [6, 6.07) is 154. The van der Waals surface area contributed by atoms with E-state index in [9.17, 15) is 0 Å². The van der Waals surface area contributed by atoms with Gasteiger partial charge in [-0.1, -0.05) is 418 Å². The molecule has 0 amide bonds. The first-order valence-corrected chi connectivity index (χ1v) is 51.9. The summed E-state index contributed by atoms with van der Waals surface area (Å²) >= 11 is 0. The van der Waals surface area contributed by atoms with Gasteiger partial charge >= 0.3 is 0 Å². The molecule has 6 nitrogen and oxygen atoms in total. The number of rotatable bonds is 14. The highest BCUT2D eigenvalue weighted by molar-refractivity contribution is 7.05. The second-order valence-electron chi connectivity index (χ2n) is 37.6. The van der Waals surface area contributed by atoms with Crippen molar-refractivity contribution >= 4 is 36.9 Å². The molecule has 0 N–H and O–H groups in total. The van der Waals surface area contributed by atoms with Crippen LogP contribution < -0.4 is 20.7 Å². The Balaban J connectivity index is 0.000000150. The van der Waals surface area contributed by atoms with Crippen molar-refractivity contribution in [1.82, 2.24) is 29.9 Å². The van der Waals surface area contributed by atoms with Crippen molar-refractivity contribution in [2.45, 2.75) is 64.7 Å². The van der Waals surface area contributed by atoms with Crippen LogP contribution in [0.3, 0.4) is 0 Å².